The first-order valence-electron chi connectivity index (χ1n) is 7.08. The summed E-state index contributed by atoms with van der Waals surface area (Å²) in [5, 5.41) is 18.0. The fourth-order valence-corrected chi connectivity index (χ4v) is 2.48. The molecule has 0 radical (unpaired) electrons. The van der Waals surface area contributed by atoms with E-state index in [1.807, 2.05) is 0 Å². The monoisotopic (exact) mass is 296 g/mol. The zero-order valence-corrected chi connectivity index (χ0v) is 12.0. The molecule has 1 aromatic rings. The summed E-state index contributed by atoms with van der Waals surface area (Å²) >= 11 is 0. The van der Waals surface area contributed by atoms with Gasteiger partial charge in [0.2, 0.25) is 5.89 Å². The summed E-state index contributed by atoms with van der Waals surface area (Å²) in [6.45, 7) is 2.46. The van der Waals surface area contributed by atoms with Crippen LogP contribution in [0.2, 0.25) is 0 Å². The zero-order chi connectivity index (χ0) is 15.2. The zero-order valence-electron chi connectivity index (χ0n) is 12.0. The summed E-state index contributed by atoms with van der Waals surface area (Å²) in [5.74, 6) is 0.300. The number of rotatable bonds is 5. The van der Waals surface area contributed by atoms with Crippen molar-refractivity contribution in [2.75, 3.05) is 6.54 Å². The van der Waals surface area contributed by atoms with E-state index in [1.165, 1.54) is 0 Å². The van der Waals surface area contributed by atoms with Crippen molar-refractivity contribution in [3.05, 3.63) is 11.7 Å². The van der Waals surface area contributed by atoms with Crippen LogP contribution in [0.1, 0.15) is 37.4 Å². The summed E-state index contributed by atoms with van der Waals surface area (Å²) in [4.78, 5) is 26.5. The van der Waals surface area contributed by atoms with Crippen molar-refractivity contribution in [1.82, 2.24) is 20.8 Å². The second kappa shape index (κ2) is 7.05. The highest BCUT2D eigenvalue weighted by molar-refractivity contribution is 5.73. The van der Waals surface area contributed by atoms with Crippen LogP contribution in [-0.4, -0.2) is 33.8 Å². The van der Waals surface area contributed by atoms with Gasteiger partial charge in [-0.05, 0) is 38.5 Å². The Hall–Kier alpha value is -2.12. The minimum atomic E-state index is -0.714. The second-order valence-electron chi connectivity index (χ2n) is 5.35. The molecule has 1 aliphatic rings. The number of hydrogen-bond donors (Lipinski definition) is 3. The predicted molar refractivity (Wildman–Crippen MR) is 72.4 cm³/mol. The Labute approximate surface area is 122 Å². The van der Waals surface area contributed by atoms with Crippen molar-refractivity contribution in [2.24, 2.45) is 11.8 Å². The molecular weight excluding hydrogens is 276 g/mol. The van der Waals surface area contributed by atoms with E-state index in [-0.39, 0.29) is 18.5 Å². The molecule has 2 rings (SSSR count). The van der Waals surface area contributed by atoms with E-state index in [9.17, 15) is 9.59 Å². The normalized spacial score (nSPS) is 21.8. The number of aromatic nitrogens is 2. The number of carbonyl (C=O) groups excluding carboxylic acids is 1. The highest BCUT2D eigenvalue weighted by atomic mass is 16.5. The van der Waals surface area contributed by atoms with Crippen LogP contribution in [0.3, 0.4) is 0 Å². The van der Waals surface area contributed by atoms with E-state index in [4.69, 9.17) is 9.63 Å². The van der Waals surface area contributed by atoms with E-state index < -0.39 is 5.97 Å². The highest BCUT2D eigenvalue weighted by Crippen LogP contribution is 2.28. The summed E-state index contributed by atoms with van der Waals surface area (Å²) in [7, 11) is 0. The molecule has 1 aromatic heterocycles. The van der Waals surface area contributed by atoms with Crippen LogP contribution in [0.5, 0.6) is 0 Å². The maximum atomic E-state index is 11.6. The molecule has 1 aliphatic carbocycles. The maximum Gasteiger partial charge on any atom is 0.315 e. The topological polar surface area (TPSA) is 117 Å². The molecule has 1 saturated carbocycles. The van der Waals surface area contributed by atoms with Gasteiger partial charge in [-0.3, -0.25) is 4.79 Å². The molecule has 0 unspecified atom stereocenters. The summed E-state index contributed by atoms with van der Waals surface area (Å²) in [5.41, 5.74) is 0. The lowest BCUT2D eigenvalue weighted by atomic mass is 9.82. The van der Waals surface area contributed by atoms with Crippen molar-refractivity contribution in [3.8, 4) is 0 Å². The number of amides is 2. The van der Waals surface area contributed by atoms with Crippen LogP contribution in [0.25, 0.3) is 0 Å². The molecule has 8 nitrogen and oxygen atoms in total. The number of carboxylic acid groups (broad SMARTS) is 1. The maximum absolute atomic E-state index is 11.6. The van der Waals surface area contributed by atoms with Gasteiger partial charge in [0, 0.05) is 6.54 Å². The fraction of sp³-hybridized carbons (Fsp3) is 0.692. The Morgan fingerprint density at radius 1 is 1.29 bits per heavy atom. The molecular formula is C13H20N4O4. The van der Waals surface area contributed by atoms with Crippen LogP contribution >= 0.6 is 0 Å². The molecule has 1 fully saturated rings. The summed E-state index contributed by atoms with van der Waals surface area (Å²) in [6.07, 6.45) is 3.04. The number of nitrogens with one attached hydrogen (secondary N) is 2. The number of hydrogen-bond acceptors (Lipinski definition) is 5. The molecule has 2 amide bonds. The molecule has 1 heterocycles. The lowest BCUT2D eigenvalue weighted by molar-refractivity contribution is -0.143. The van der Waals surface area contributed by atoms with Gasteiger partial charge in [-0.2, -0.15) is 4.98 Å². The molecule has 21 heavy (non-hydrogen) atoms. The largest absolute Gasteiger partial charge is 0.481 e. The third-order valence-corrected chi connectivity index (χ3v) is 3.72. The Kier molecular flexibility index (Phi) is 5.13. The van der Waals surface area contributed by atoms with E-state index in [0.29, 0.717) is 37.0 Å². The van der Waals surface area contributed by atoms with Gasteiger partial charge in [0.05, 0.1) is 12.5 Å². The Balaban J connectivity index is 1.62. The minimum Gasteiger partial charge on any atom is -0.481 e. The third-order valence-electron chi connectivity index (χ3n) is 3.72. The lowest BCUT2D eigenvalue weighted by Gasteiger charge is -2.26. The van der Waals surface area contributed by atoms with E-state index in [1.54, 1.807) is 6.92 Å². The number of nitrogens with zero attached hydrogens (tertiary/aromatic N) is 2. The van der Waals surface area contributed by atoms with Gasteiger partial charge < -0.3 is 20.3 Å². The molecule has 0 saturated heterocycles. The first-order valence-corrected chi connectivity index (χ1v) is 7.08. The van der Waals surface area contributed by atoms with Gasteiger partial charge in [-0.15, -0.1) is 0 Å². The SMILES string of the molecule is Cc1noc(CNC(=O)NCC2CCC(C(=O)O)CC2)n1. The van der Waals surface area contributed by atoms with E-state index >= 15 is 0 Å². The van der Waals surface area contributed by atoms with Crippen LogP contribution in [-0.2, 0) is 11.3 Å². The van der Waals surface area contributed by atoms with Crippen LogP contribution in [0, 0.1) is 18.8 Å². The van der Waals surface area contributed by atoms with E-state index in [2.05, 4.69) is 20.8 Å². The number of carbonyl (C=O) groups is 2. The van der Waals surface area contributed by atoms with Gasteiger partial charge in [0.1, 0.15) is 0 Å². The van der Waals surface area contributed by atoms with Crippen molar-refractivity contribution in [2.45, 2.75) is 39.2 Å². The minimum absolute atomic E-state index is 0.193. The molecule has 0 aromatic carbocycles. The second-order valence-corrected chi connectivity index (χ2v) is 5.35. The molecule has 0 atom stereocenters. The van der Waals surface area contributed by atoms with Crippen molar-refractivity contribution in [1.29, 1.82) is 0 Å². The predicted octanol–water partition coefficient (Wildman–Crippen LogP) is 1.07. The molecule has 0 bridgehead atoms. The first kappa shape index (κ1) is 15.3. The third kappa shape index (κ3) is 4.73. The molecule has 0 aliphatic heterocycles. The molecule has 3 N–H and O–H groups in total. The lowest BCUT2D eigenvalue weighted by Crippen LogP contribution is -2.39. The van der Waals surface area contributed by atoms with Crippen LogP contribution in [0.4, 0.5) is 4.79 Å². The Morgan fingerprint density at radius 3 is 2.57 bits per heavy atom. The van der Waals surface area contributed by atoms with Crippen molar-refractivity contribution in [3.63, 3.8) is 0 Å². The van der Waals surface area contributed by atoms with E-state index in [0.717, 1.165) is 12.8 Å². The molecule has 0 spiro atoms. The average Bonchev–Trinajstić information content (AvgIpc) is 2.89. The number of carboxylic acids is 1. The smallest absolute Gasteiger partial charge is 0.315 e. The van der Waals surface area contributed by atoms with Gasteiger partial charge in [-0.25, -0.2) is 4.79 Å². The van der Waals surface area contributed by atoms with Crippen molar-refractivity contribution < 1.29 is 19.2 Å². The fourth-order valence-electron chi connectivity index (χ4n) is 2.48. The van der Waals surface area contributed by atoms with Crippen LogP contribution < -0.4 is 10.6 Å². The first-order chi connectivity index (χ1) is 10.0. The van der Waals surface area contributed by atoms with Gasteiger partial charge in [0.15, 0.2) is 5.82 Å². The standard InChI is InChI=1S/C13H20N4O4/c1-8-16-11(21-17-8)7-15-13(20)14-6-9-2-4-10(5-3-9)12(18)19/h9-10H,2-7H2,1H3,(H,18,19)(H2,14,15,20). The van der Waals surface area contributed by atoms with Gasteiger partial charge in [-0.1, -0.05) is 5.16 Å². The van der Waals surface area contributed by atoms with Gasteiger partial charge in [0.25, 0.3) is 0 Å². The summed E-state index contributed by atoms with van der Waals surface area (Å²) < 4.78 is 4.88. The Bertz CT molecular complexity index is 494. The quantitative estimate of drug-likeness (QED) is 0.748. The van der Waals surface area contributed by atoms with Crippen LogP contribution in [0.15, 0.2) is 4.52 Å². The molecule has 8 heteroatoms. The number of aryl methyl sites for hydroxylation is 1. The number of aliphatic carboxylic acids is 1. The highest BCUT2D eigenvalue weighted by Gasteiger charge is 2.25. The van der Waals surface area contributed by atoms with Crippen molar-refractivity contribution >= 4 is 12.0 Å². The van der Waals surface area contributed by atoms with Gasteiger partial charge >= 0.3 is 12.0 Å². The Morgan fingerprint density at radius 2 is 2.00 bits per heavy atom. The summed E-state index contributed by atoms with van der Waals surface area (Å²) in [6, 6.07) is -0.286. The number of urea groups is 1. The average molecular weight is 296 g/mol. The molecule has 116 valence electrons.